The molecule has 0 bridgehead atoms. The van der Waals surface area contributed by atoms with E-state index in [2.05, 4.69) is 11.6 Å². The molecule has 1 aliphatic heterocycles. The molecule has 1 aliphatic rings. The Morgan fingerprint density at radius 3 is 3.00 bits per heavy atom. The molecular weight excluding hydrogens is 264 g/mol. The van der Waals surface area contributed by atoms with E-state index in [4.69, 9.17) is 4.42 Å². The summed E-state index contributed by atoms with van der Waals surface area (Å²) in [5.74, 6) is 1.23. The Hall–Kier alpha value is -0.850. The van der Waals surface area contributed by atoms with Crippen LogP contribution < -0.4 is 4.72 Å². The third kappa shape index (κ3) is 4.06. The predicted octanol–water partition coefficient (Wildman–Crippen LogP) is 1.78. The molecule has 0 radical (unpaired) electrons. The fourth-order valence-electron chi connectivity index (χ4n) is 2.47. The lowest BCUT2D eigenvalue weighted by Crippen LogP contribution is -2.48. The molecule has 0 amide bonds. The van der Waals surface area contributed by atoms with Gasteiger partial charge in [-0.1, -0.05) is 6.92 Å². The molecule has 0 unspecified atom stereocenters. The summed E-state index contributed by atoms with van der Waals surface area (Å²) in [5.41, 5.74) is 0. The summed E-state index contributed by atoms with van der Waals surface area (Å²) in [6, 6.07) is 3.49. The van der Waals surface area contributed by atoms with Crippen molar-refractivity contribution in [2.75, 3.05) is 13.1 Å². The van der Waals surface area contributed by atoms with E-state index in [9.17, 15) is 8.42 Å². The van der Waals surface area contributed by atoms with Crippen LogP contribution in [0.2, 0.25) is 0 Å². The topological polar surface area (TPSA) is 62.6 Å². The number of hydrogen-bond donors (Lipinski definition) is 1. The maximum Gasteiger partial charge on any atom is 0.279 e. The average Bonchev–Trinajstić information content (AvgIpc) is 2.81. The lowest BCUT2D eigenvalue weighted by atomic mass is 10.0. The van der Waals surface area contributed by atoms with Gasteiger partial charge in [0.25, 0.3) is 10.2 Å². The molecule has 108 valence electrons. The maximum absolute atomic E-state index is 12.3. The van der Waals surface area contributed by atoms with Crippen molar-refractivity contribution in [3.63, 3.8) is 0 Å². The van der Waals surface area contributed by atoms with Crippen molar-refractivity contribution in [3.8, 4) is 0 Å². The van der Waals surface area contributed by atoms with Crippen molar-refractivity contribution in [1.82, 2.24) is 9.03 Å². The van der Waals surface area contributed by atoms with Gasteiger partial charge in [-0.15, -0.1) is 0 Å². The van der Waals surface area contributed by atoms with Crippen LogP contribution in [-0.4, -0.2) is 31.9 Å². The smallest absolute Gasteiger partial charge is 0.279 e. The van der Waals surface area contributed by atoms with E-state index in [-0.39, 0.29) is 6.04 Å². The highest BCUT2D eigenvalue weighted by Gasteiger charge is 2.28. The minimum atomic E-state index is -3.38. The Labute approximate surface area is 115 Å². The third-order valence-electron chi connectivity index (χ3n) is 3.40. The number of piperidine rings is 1. The minimum Gasteiger partial charge on any atom is -0.469 e. The number of hydrogen-bond acceptors (Lipinski definition) is 3. The van der Waals surface area contributed by atoms with Crippen molar-refractivity contribution in [3.05, 3.63) is 24.2 Å². The maximum atomic E-state index is 12.3. The second kappa shape index (κ2) is 6.07. The van der Waals surface area contributed by atoms with Crippen molar-refractivity contribution < 1.29 is 12.8 Å². The molecule has 6 heteroatoms. The Bertz CT molecular complexity index is 484. The Morgan fingerprint density at radius 1 is 1.58 bits per heavy atom. The number of rotatable bonds is 5. The van der Waals surface area contributed by atoms with Gasteiger partial charge >= 0.3 is 0 Å². The van der Waals surface area contributed by atoms with Gasteiger partial charge in [0.1, 0.15) is 5.76 Å². The minimum absolute atomic E-state index is 0.173. The molecule has 2 rings (SSSR count). The van der Waals surface area contributed by atoms with Crippen LogP contribution >= 0.6 is 0 Å². The molecule has 1 aromatic rings. The standard InChI is InChI=1S/C13H22N2O3S/c1-11-5-3-7-15(10-11)19(16,17)14-12(2)9-13-6-4-8-18-13/h4,6,8,11-12,14H,3,5,7,9-10H2,1-2H3/t11-,12+/m0/s1. The van der Waals surface area contributed by atoms with Gasteiger partial charge in [0, 0.05) is 25.6 Å². The highest BCUT2D eigenvalue weighted by atomic mass is 32.2. The summed E-state index contributed by atoms with van der Waals surface area (Å²) in [4.78, 5) is 0. The molecule has 5 nitrogen and oxygen atoms in total. The highest BCUT2D eigenvalue weighted by molar-refractivity contribution is 7.87. The third-order valence-corrected chi connectivity index (χ3v) is 5.11. The second-order valence-corrected chi connectivity index (χ2v) is 7.12. The lowest BCUT2D eigenvalue weighted by molar-refractivity contribution is 0.276. The molecule has 1 N–H and O–H groups in total. The first-order chi connectivity index (χ1) is 8.97. The fraction of sp³-hybridized carbons (Fsp3) is 0.692. The van der Waals surface area contributed by atoms with Gasteiger partial charge in [-0.2, -0.15) is 17.4 Å². The van der Waals surface area contributed by atoms with Crippen LogP contribution in [0.4, 0.5) is 0 Å². The molecular formula is C13H22N2O3S. The van der Waals surface area contributed by atoms with Crippen LogP contribution in [0.15, 0.2) is 22.8 Å². The van der Waals surface area contributed by atoms with Crippen molar-refractivity contribution in [1.29, 1.82) is 0 Å². The first kappa shape index (κ1) is 14.6. The quantitative estimate of drug-likeness (QED) is 0.897. The zero-order valence-corrected chi connectivity index (χ0v) is 12.3. The summed E-state index contributed by atoms with van der Waals surface area (Å²) in [7, 11) is -3.38. The van der Waals surface area contributed by atoms with E-state index in [1.165, 1.54) is 0 Å². The molecule has 0 aliphatic carbocycles. The molecule has 1 aromatic heterocycles. The van der Waals surface area contributed by atoms with Gasteiger partial charge < -0.3 is 4.42 Å². The summed E-state index contributed by atoms with van der Waals surface area (Å²) in [6.45, 7) is 5.18. The Kier molecular flexibility index (Phi) is 4.65. The van der Waals surface area contributed by atoms with Gasteiger partial charge in [-0.3, -0.25) is 0 Å². The normalized spacial score (nSPS) is 23.4. The molecule has 0 aromatic carbocycles. The SMILES string of the molecule is C[C@H]1CCCN(S(=O)(=O)N[C@H](C)Cc2ccco2)C1. The van der Waals surface area contributed by atoms with Gasteiger partial charge in [-0.25, -0.2) is 0 Å². The van der Waals surface area contributed by atoms with Crippen LogP contribution in [0, 0.1) is 5.92 Å². The molecule has 2 heterocycles. The summed E-state index contributed by atoms with van der Waals surface area (Å²) in [5, 5.41) is 0. The lowest BCUT2D eigenvalue weighted by Gasteiger charge is -2.31. The van der Waals surface area contributed by atoms with Gasteiger partial charge in [0.15, 0.2) is 0 Å². The summed E-state index contributed by atoms with van der Waals surface area (Å²) in [6.07, 6.45) is 4.21. The van der Waals surface area contributed by atoms with Gasteiger partial charge in [-0.05, 0) is 37.8 Å². The van der Waals surface area contributed by atoms with E-state index in [1.54, 1.807) is 10.6 Å². The zero-order chi connectivity index (χ0) is 13.9. The van der Waals surface area contributed by atoms with E-state index in [1.807, 2.05) is 19.1 Å². The molecule has 2 atom stereocenters. The highest BCUT2D eigenvalue weighted by Crippen LogP contribution is 2.18. The average molecular weight is 286 g/mol. The number of nitrogens with one attached hydrogen (secondary N) is 1. The van der Waals surface area contributed by atoms with Crippen LogP contribution in [0.25, 0.3) is 0 Å². The second-order valence-electron chi connectivity index (χ2n) is 5.41. The van der Waals surface area contributed by atoms with Crippen molar-refractivity contribution >= 4 is 10.2 Å². The molecule has 19 heavy (non-hydrogen) atoms. The zero-order valence-electron chi connectivity index (χ0n) is 11.5. The molecule has 0 saturated carbocycles. The Balaban J connectivity index is 1.92. The number of nitrogens with zero attached hydrogens (tertiary/aromatic N) is 1. The number of furan rings is 1. The molecule has 1 fully saturated rings. The van der Waals surface area contributed by atoms with Crippen molar-refractivity contribution in [2.45, 2.75) is 39.2 Å². The van der Waals surface area contributed by atoms with E-state index in [0.717, 1.165) is 18.6 Å². The summed E-state index contributed by atoms with van der Waals surface area (Å²) >= 11 is 0. The Morgan fingerprint density at radius 2 is 2.37 bits per heavy atom. The van der Waals surface area contributed by atoms with E-state index < -0.39 is 10.2 Å². The van der Waals surface area contributed by atoms with Crippen LogP contribution in [-0.2, 0) is 16.6 Å². The van der Waals surface area contributed by atoms with E-state index >= 15 is 0 Å². The summed E-state index contributed by atoms with van der Waals surface area (Å²) < 4.78 is 34.0. The van der Waals surface area contributed by atoms with Crippen LogP contribution in [0.1, 0.15) is 32.4 Å². The first-order valence-electron chi connectivity index (χ1n) is 6.77. The predicted molar refractivity (Wildman–Crippen MR) is 73.9 cm³/mol. The van der Waals surface area contributed by atoms with Gasteiger partial charge in [0.2, 0.25) is 0 Å². The first-order valence-corrected chi connectivity index (χ1v) is 8.21. The van der Waals surface area contributed by atoms with Crippen LogP contribution in [0.5, 0.6) is 0 Å². The van der Waals surface area contributed by atoms with Gasteiger partial charge in [0.05, 0.1) is 6.26 Å². The van der Waals surface area contributed by atoms with Crippen LogP contribution in [0.3, 0.4) is 0 Å². The molecule has 0 spiro atoms. The monoisotopic (exact) mass is 286 g/mol. The fourth-order valence-corrected chi connectivity index (χ4v) is 4.03. The largest absolute Gasteiger partial charge is 0.469 e. The van der Waals surface area contributed by atoms with E-state index in [0.29, 0.717) is 25.4 Å². The van der Waals surface area contributed by atoms with Crippen molar-refractivity contribution in [2.24, 2.45) is 5.92 Å². The molecule has 1 saturated heterocycles.